The Morgan fingerprint density at radius 3 is 1.67 bits per heavy atom. The third kappa shape index (κ3) is 3.40. The average Bonchev–Trinajstić information content (AvgIpc) is 1.39. The maximum Gasteiger partial charge on any atom is 0.283 e. The molecule has 5 nitrogen and oxygen atoms in total. The van der Waals surface area contributed by atoms with E-state index in [0.717, 1.165) is 6.26 Å². The second-order valence-corrected chi connectivity index (χ2v) is 0.189. The molecule has 0 atom stereocenters. The van der Waals surface area contributed by atoms with E-state index in [1.165, 1.54) is 4.91 Å². The number of hydrogen-bond donors (Lipinski definition) is 1. The zero-order valence-electron chi connectivity index (χ0n) is 2.74. The number of rotatable bonds is 0. The van der Waals surface area contributed by atoms with Gasteiger partial charge in [-0.1, -0.05) is 0 Å². The second-order valence-electron chi connectivity index (χ2n) is 0.189. The summed E-state index contributed by atoms with van der Waals surface area (Å²) in [5.74, 6) is 0. The highest BCUT2D eigenvalue weighted by Gasteiger charge is 1.16. The van der Waals surface area contributed by atoms with Crippen LogP contribution < -0.4 is 0 Å². The highest BCUT2D eigenvalue weighted by molar-refractivity contribution is 4.36. The molecule has 1 N–H and O–H groups in total. The van der Waals surface area contributed by atoms with Crippen molar-refractivity contribution in [2.75, 3.05) is 0 Å². The molecule has 0 aromatic rings. The summed E-state index contributed by atoms with van der Waals surface area (Å²) in [7, 11) is 0. The van der Waals surface area contributed by atoms with Crippen LogP contribution in [0, 0.1) is 11.5 Å². The van der Waals surface area contributed by atoms with Gasteiger partial charge in [0.15, 0.2) is 0 Å². The molecule has 0 heterocycles. The Hall–Kier alpha value is -1.40. The van der Waals surface area contributed by atoms with Crippen LogP contribution in [0.5, 0.6) is 0 Å². The van der Waals surface area contributed by atoms with Gasteiger partial charge in [-0.3, -0.25) is 4.91 Å². The van der Waals surface area contributed by atoms with Gasteiger partial charge in [0.25, 0.3) is 6.26 Å². The van der Waals surface area contributed by atoms with E-state index < -0.39 is 0 Å². The fourth-order valence-electron chi connectivity index (χ4n) is 0. The van der Waals surface area contributed by atoms with Crippen molar-refractivity contribution in [2.45, 2.75) is 0 Å². The molecular weight excluding hydrogens is 84.0 g/mol. The largest absolute Gasteiger partial charge is 0.443 e. The van der Waals surface area contributed by atoms with Crippen molar-refractivity contribution in [1.29, 1.82) is 5.26 Å². The Morgan fingerprint density at radius 1 is 1.67 bits per heavy atom. The van der Waals surface area contributed by atoms with E-state index in [1.54, 1.807) is 0 Å². The maximum atomic E-state index is 6.88. The molecule has 5 heteroatoms. The van der Waals surface area contributed by atoms with Crippen LogP contribution in [-0.2, 0) is 0 Å². The Bertz CT molecular complexity index is 74.0. The molecule has 0 spiro atoms. The minimum absolute atomic E-state index is 0.750. The van der Waals surface area contributed by atoms with Gasteiger partial charge in [-0.25, -0.2) is 0 Å². The molecule has 32 valence electrons. The lowest BCUT2D eigenvalue weighted by molar-refractivity contribution is 0.503. The molecule has 0 aromatic carbocycles. The summed E-state index contributed by atoms with van der Waals surface area (Å²) in [4.78, 5) is 1.50. The molecular formula is CHN4O-. The number of aliphatic hydroxyl groups excluding tert-OH is 1. The lowest BCUT2D eigenvalue weighted by Gasteiger charge is -1.31. The summed E-state index contributed by atoms with van der Waals surface area (Å²) >= 11 is 0. The predicted octanol–water partition coefficient (Wildman–Crippen LogP) is 0.706. The first-order valence-electron chi connectivity index (χ1n) is 0.847. The molecule has 0 unspecified atom stereocenters. The second kappa shape index (κ2) is 67.6. The van der Waals surface area contributed by atoms with Crippen LogP contribution in [0.25, 0.3) is 16.0 Å². The van der Waals surface area contributed by atoms with Gasteiger partial charge < -0.3 is 16.2 Å². The van der Waals surface area contributed by atoms with Gasteiger partial charge in [0, 0.05) is 0 Å². The minimum Gasteiger partial charge on any atom is -0.443 e. The fourth-order valence-corrected chi connectivity index (χ4v) is 0. The van der Waals surface area contributed by atoms with Gasteiger partial charge >= 0.3 is 0 Å². The summed E-state index contributed by atoms with van der Waals surface area (Å²) in [6.07, 6.45) is 0.750. The summed E-state index contributed by atoms with van der Waals surface area (Å²) < 4.78 is 0. The molecule has 0 aliphatic carbocycles. The number of hydrogen-bond acceptors (Lipinski definition) is 2. The van der Waals surface area contributed by atoms with Crippen LogP contribution in [0.15, 0.2) is 0 Å². The SMILES string of the molecule is N#CO.[N-]=[N+]=[N-]. The molecule has 0 aliphatic heterocycles. The average molecular weight is 85.0 g/mol. The van der Waals surface area contributed by atoms with Crippen molar-refractivity contribution < 1.29 is 5.11 Å². The predicted molar refractivity (Wildman–Crippen MR) is 17.6 cm³/mol. The molecule has 0 bridgehead atoms. The van der Waals surface area contributed by atoms with Crippen molar-refractivity contribution in [2.24, 2.45) is 0 Å². The molecule has 0 rings (SSSR count). The first-order valence-corrected chi connectivity index (χ1v) is 0.847. The van der Waals surface area contributed by atoms with Crippen molar-refractivity contribution >= 4 is 0 Å². The van der Waals surface area contributed by atoms with E-state index in [9.17, 15) is 0 Å². The maximum absolute atomic E-state index is 6.88. The van der Waals surface area contributed by atoms with Crippen LogP contribution in [0.4, 0.5) is 0 Å². The number of nitriles is 1. The van der Waals surface area contributed by atoms with Gasteiger partial charge in [0.05, 0.1) is 0 Å². The molecule has 0 amide bonds. The van der Waals surface area contributed by atoms with E-state index >= 15 is 0 Å². The summed E-state index contributed by atoms with van der Waals surface area (Å²) in [5, 5.41) is 13.8. The Morgan fingerprint density at radius 2 is 1.67 bits per heavy atom. The van der Waals surface area contributed by atoms with Crippen LogP contribution in [-0.4, -0.2) is 5.11 Å². The van der Waals surface area contributed by atoms with Crippen molar-refractivity contribution in [1.82, 2.24) is 0 Å². The highest BCUT2D eigenvalue weighted by atomic mass is 16.2. The number of nitrogens with zero attached hydrogens (tertiary/aromatic N) is 4. The van der Waals surface area contributed by atoms with E-state index in [4.69, 9.17) is 21.4 Å². The number of aliphatic hydroxyl groups is 1. The minimum atomic E-state index is 0.750. The van der Waals surface area contributed by atoms with Crippen LogP contribution in [0.2, 0.25) is 0 Å². The van der Waals surface area contributed by atoms with Gasteiger partial charge in [-0.05, 0) is 0 Å². The molecule has 0 saturated heterocycles. The Kier molecular flexibility index (Phi) is 99.4. The first-order chi connectivity index (χ1) is 2.83. The third-order valence-electron chi connectivity index (χ3n) is 0. The van der Waals surface area contributed by atoms with Crippen LogP contribution >= 0.6 is 0 Å². The zero-order valence-corrected chi connectivity index (χ0v) is 2.74. The summed E-state index contributed by atoms with van der Waals surface area (Å²) in [6, 6.07) is 0. The fraction of sp³-hybridized carbons (Fsp3) is 0. The van der Waals surface area contributed by atoms with Crippen molar-refractivity contribution in [3.63, 3.8) is 0 Å². The van der Waals surface area contributed by atoms with E-state index in [0.29, 0.717) is 0 Å². The monoisotopic (exact) mass is 85.0 g/mol. The lowest BCUT2D eigenvalue weighted by Crippen LogP contribution is -1.27. The summed E-state index contributed by atoms with van der Waals surface area (Å²) in [6.45, 7) is 0. The standard InChI is InChI=1S/CHNO.N3/c2-1-3;1-3-2/h3H;/q;-1. The molecule has 0 aromatic heterocycles. The smallest absolute Gasteiger partial charge is 0.283 e. The third-order valence-corrected chi connectivity index (χ3v) is 0. The van der Waals surface area contributed by atoms with Gasteiger partial charge in [0.2, 0.25) is 0 Å². The summed E-state index contributed by atoms with van der Waals surface area (Å²) in [5.41, 5.74) is 13.5. The van der Waals surface area contributed by atoms with E-state index in [1.807, 2.05) is 0 Å². The lowest BCUT2D eigenvalue weighted by atomic mass is 11.6. The topological polar surface area (TPSA) is 103 Å². The van der Waals surface area contributed by atoms with Gasteiger partial charge in [-0.2, -0.15) is 5.26 Å². The van der Waals surface area contributed by atoms with Crippen molar-refractivity contribution in [3.8, 4) is 6.26 Å². The van der Waals surface area contributed by atoms with Crippen LogP contribution in [0.1, 0.15) is 0 Å². The molecule has 0 radical (unpaired) electrons. The Labute approximate surface area is 33.9 Å². The van der Waals surface area contributed by atoms with E-state index in [-0.39, 0.29) is 0 Å². The Balaban J connectivity index is 0. The van der Waals surface area contributed by atoms with Crippen molar-refractivity contribution in [3.05, 3.63) is 16.0 Å². The quantitative estimate of drug-likeness (QED) is 0.202. The molecule has 0 fully saturated rings. The van der Waals surface area contributed by atoms with Gasteiger partial charge in [0.1, 0.15) is 0 Å². The molecule has 0 aliphatic rings. The van der Waals surface area contributed by atoms with E-state index in [2.05, 4.69) is 0 Å². The van der Waals surface area contributed by atoms with Gasteiger partial charge in [-0.15, -0.1) is 0 Å². The highest BCUT2D eigenvalue weighted by Crippen LogP contribution is 1.29. The molecule has 0 saturated carbocycles. The molecule has 6 heavy (non-hydrogen) atoms. The first kappa shape index (κ1) is 8.82. The zero-order chi connectivity index (χ0) is 5.41. The van der Waals surface area contributed by atoms with Crippen LogP contribution in [0.3, 0.4) is 0 Å². The normalized spacial score (nSPS) is 2.50.